The molecule has 0 fully saturated rings. The SMILES string of the molecule is CCCCCC(C)(C)C(C)CO. The van der Waals surface area contributed by atoms with Gasteiger partial charge in [-0.3, -0.25) is 0 Å². The number of unbranched alkanes of at least 4 members (excludes halogenated alkanes) is 2. The predicted molar refractivity (Wildman–Crippen MR) is 54.2 cm³/mol. The van der Waals surface area contributed by atoms with Gasteiger partial charge in [0, 0.05) is 6.61 Å². The Morgan fingerprint density at radius 1 is 1.25 bits per heavy atom. The molecule has 0 saturated carbocycles. The molecule has 0 rings (SSSR count). The Balaban J connectivity index is 3.70. The standard InChI is InChI=1S/C11H24O/c1-5-6-7-8-11(3,4)10(2)9-12/h10,12H,5-9H2,1-4H3. The Hall–Kier alpha value is -0.0400. The summed E-state index contributed by atoms with van der Waals surface area (Å²) in [6.45, 7) is 9.18. The summed E-state index contributed by atoms with van der Waals surface area (Å²) in [5.41, 5.74) is 0.309. The molecule has 1 heteroatoms. The van der Waals surface area contributed by atoms with Gasteiger partial charge in [0.1, 0.15) is 0 Å². The Labute approximate surface area is 77.2 Å². The fraction of sp³-hybridized carbons (Fsp3) is 1.00. The monoisotopic (exact) mass is 172 g/mol. The van der Waals surface area contributed by atoms with Crippen molar-refractivity contribution in [2.75, 3.05) is 6.61 Å². The summed E-state index contributed by atoms with van der Waals surface area (Å²) < 4.78 is 0. The summed E-state index contributed by atoms with van der Waals surface area (Å²) in [5.74, 6) is 0.425. The molecule has 0 radical (unpaired) electrons. The molecule has 1 atom stereocenters. The van der Waals surface area contributed by atoms with Crippen LogP contribution < -0.4 is 0 Å². The van der Waals surface area contributed by atoms with Crippen LogP contribution in [0.1, 0.15) is 53.4 Å². The second-order valence-electron chi connectivity index (χ2n) is 4.53. The lowest BCUT2D eigenvalue weighted by Crippen LogP contribution is -2.24. The molecule has 1 N–H and O–H groups in total. The first-order valence-corrected chi connectivity index (χ1v) is 5.15. The molecular formula is C11H24O. The average Bonchev–Trinajstić information content (AvgIpc) is 2.03. The zero-order chi connectivity index (χ0) is 9.61. The minimum Gasteiger partial charge on any atom is -0.396 e. The van der Waals surface area contributed by atoms with E-state index in [9.17, 15) is 0 Å². The van der Waals surface area contributed by atoms with Crippen LogP contribution in [-0.4, -0.2) is 11.7 Å². The van der Waals surface area contributed by atoms with Crippen molar-refractivity contribution in [3.8, 4) is 0 Å². The second kappa shape index (κ2) is 5.58. The molecule has 0 amide bonds. The van der Waals surface area contributed by atoms with E-state index in [0.717, 1.165) is 0 Å². The van der Waals surface area contributed by atoms with E-state index >= 15 is 0 Å². The fourth-order valence-corrected chi connectivity index (χ4v) is 1.32. The molecule has 0 spiro atoms. The molecule has 1 unspecified atom stereocenters. The average molecular weight is 172 g/mol. The molecule has 0 aliphatic rings. The Bertz CT molecular complexity index is 108. The van der Waals surface area contributed by atoms with Crippen molar-refractivity contribution < 1.29 is 5.11 Å². The van der Waals surface area contributed by atoms with Crippen LogP contribution in [0.3, 0.4) is 0 Å². The molecule has 0 aliphatic carbocycles. The highest BCUT2D eigenvalue weighted by atomic mass is 16.3. The molecule has 0 saturated heterocycles. The van der Waals surface area contributed by atoms with Crippen molar-refractivity contribution in [2.45, 2.75) is 53.4 Å². The molecule has 0 heterocycles. The van der Waals surface area contributed by atoms with E-state index in [1.54, 1.807) is 0 Å². The van der Waals surface area contributed by atoms with E-state index < -0.39 is 0 Å². The van der Waals surface area contributed by atoms with Gasteiger partial charge in [0.2, 0.25) is 0 Å². The van der Waals surface area contributed by atoms with E-state index in [1.165, 1.54) is 25.7 Å². The van der Waals surface area contributed by atoms with Crippen LogP contribution in [0.5, 0.6) is 0 Å². The van der Waals surface area contributed by atoms with Gasteiger partial charge in [-0.1, -0.05) is 47.0 Å². The Morgan fingerprint density at radius 3 is 2.25 bits per heavy atom. The summed E-state index contributed by atoms with van der Waals surface area (Å²) >= 11 is 0. The van der Waals surface area contributed by atoms with Crippen LogP contribution in [0.25, 0.3) is 0 Å². The zero-order valence-electron chi connectivity index (χ0n) is 9.06. The number of hydrogen-bond donors (Lipinski definition) is 1. The summed E-state index contributed by atoms with van der Waals surface area (Å²) in [7, 11) is 0. The van der Waals surface area contributed by atoms with Gasteiger partial charge < -0.3 is 5.11 Å². The van der Waals surface area contributed by atoms with E-state index in [4.69, 9.17) is 5.11 Å². The largest absolute Gasteiger partial charge is 0.396 e. The lowest BCUT2D eigenvalue weighted by Gasteiger charge is -2.30. The highest BCUT2D eigenvalue weighted by Crippen LogP contribution is 2.32. The summed E-state index contributed by atoms with van der Waals surface area (Å²) in [6.07, 6.45) is 5.14. The Morgan fingerprint density at radius 2 is 1.83 bits per heavy atom. The minimum atomic E-state index is 0.309. The Kier molecular flexibility index (Phi) is 5.56. The predicted octanol–water partition coefficient (Wildman–Crippen LogP) is 3.22. The van der Waals surface area contributed by atoms with E-state index in [-0.39, 0.29) is 0 Å². The van der Waals surface area contributed by atoms with Gasteiger partial charge in [0.15, 0.2) is 0 Å². The van der Waals surface area contributed by atoms with E-state index in [0.29, 0.717) is 17.9 Å². The molecule has 0 aromatic rings. The molecule has 0 aliphatic heterocycles. The third kappa shape index (κ3) is 4.10. The molecule has 1 nitrogen and oxygen atoms in total. The second-order valence-corrected chi connectivity index (χ2v) is 4.53. The van der Waals surface area contributed by atoms with Crippen molar-refractivity contribution in [1.82, 2.24) is 0 Å². The molecule has 0 aromatic carbocycles. The van der Waals surface area contributed by atoms with Gasteiger partial charge in [0.05, 0.1) is 0 Å². The van der Waals surface area contributed by atoms with Crippen molar-refractivity contribution in [1.29, 1.82) is 0 Å². The maximum absolute atomic E-state index is 9.03. The van der Waals surface area contributed by atoms with Gasteiger partial charge in [-0.15, -0.1) is 0 Å². The third-order valence-electron chi connectivity index (χ3n) is 3.03. The first-order valence-electron chi connectivity index (χ1n) is 5.15. The van der Waals surface area contributed by atoms with Gasteiger partial charge in [0.25, 0.3) is 0 Å². The van der Waals surface area contributed by atoms with Crippen molar-refractivity contribution >= 4 is 0 Å². The van der Waals surface area contributed by atoms with E-state index in [1.807, 2.05) is 0 Å². The fourth-order valence-electron chi connectivity index (χ4n) is 1.32. The van der Waals surface area contributed by atoms with Crippen LogP contribution >= 0.6 is 0 Å². The van der Waals surface area contributed by atoms with Gasteiger partial charge >= 0.3 is 0 Å². The molecular weight excluding hydrogens is 148 g/mol. The lowest BCUT2D eigenvalue weighted by atomic mass is 9.76. The first kappa shape index (κ1) is 12.0. The van der Waals surface area contributed by atoms with Crippen LogP contribution in [0.2, 0.25) is 0 Å². The van der Waals surface area contributed by atoms with E-state index in [2.05, 4.69) is 27.7 Å². The molecule has 74 valence electrons. The van der Waals surface area contributed by atoms with Crippen LogP contribution in [-0.2, 0) is 0 Å². The van der Waals surface area contributed by atoms with Crippen LogP contribution in [0, 0.1) is 11.3 Å². The number of hydrogen-bond acceptors (Lipinski definition) is 1. The van der Waals surface area contributed by atoms with Crippen LogP contribution in [0.15, 0.2) is 0 Å². The zero-order valence-corrected chi connectivity index (χ0v) is 9.06. The first-order chi connectivity index (χ1) is 5.54. The maximum Gasteiger partial charge on any atom is 0.0461 e. The summed E-state index contributed by atoms with van der Waals surface area (Å²) in [4.78, 5) is 0. The molecule has 0 aromatic heterocycles. The van der Waals surface area contributed by atoms with Gasteiger partial charge in [-0.2, -0.15) is 0 Å². The maximum atomic E-state index is 9.03. The summed E-state index contributed by atoms with van der Waals surface area (Å²) in [6, 6.07) is 0. The van der Waals surface area contributed by atoms with Crippen LogP contribution in [0.4, 0.5) is 0 Å². The van der Waals surface area contributed by atoms with Gasteiger partial charge in [-0.25, -0.2) is 0 Å². The number of rotatable bonds is 6. The third-order valence-corrected chi connectivity index (χ3v) is 3.03. The minimum absolute atomic E-state index is 0.309. The lowest BCUT2D eigenvalue weighted by molar-refractivity contribution is 0.120. The number of aliphatic hydroxyl groups excluding tert-OH is 1. The normalized spacial score (nSPS) is 14.8. The van der Waals surface area contributed by atoms with Gasteiger partial charge in [-0.05, 0) is 17.8 Å². The number of aliphatic hydroxyl groups is 1. The molecule has 12 heavy (non-hydrogen) atoms. The smallest absolute Gasteiger partial charge is 0.0461 e. The quantitative estimate of drug-likeness (QED) is 0.610. The van der Waals surface area contributed by atoms with Crippen molar-refractivity contribution in [2.24, 2.45) is 11.3 Å². The topological polar surface area (TPSA) is 20.2 Å². The molecule has 0 bridgehead atoms. The van der Waals surface area contributed by atoms with Crippen molar-refractivity contribution in [3.63, 3.8) is 0 Å². The summed E-state index contributed by atoms with van der Waals surface area (Å²) in [5, 5.41) is 9.03. The van der Waals surface area contributed by atoms with Crippen molar-refractivity contribution in [3.05, 3.63) is 0 Å². The highest BCUT2D eigenvalue weighted by molar-refractivity contribution is 4.74. The highest BCUT2D eigenvalue weighted by Gasteiger charge is 2.24.